The lowest BCUT2D eigenvalue weighted by Crippen LogP contribution is -2.44. The summed E-state index contributed by atoms with van der Waals surface area (Å²) >= 11 is 0. The van der Waals surface area contributed by atoms with Crippen molar-refractivity contribution in [2.45, 2.75) is 88.2 Å². The van der Waals surface area contributed by atoms with E-state index in [1.807, 2.05) is 142 Å². The fourth-order valence-electron chi connectivity index (χ4n) is 10.1. The maximum absolute atomic E-state index is 12.6. The third-order valence-corrected chi connectivity index (χ3v) is 15.3. The lowest BCUT2D eigenvalue weighted by molar-refractivity contribution is -0.169. The van der Waals surface area contributed by atoms with E-state index < -0.39 is 33.1 Å². The highest BCUT2D eigenvalue weighted by Crippen LogP contribution is 2.40. The summed E-state index contributed by atoms with van der Waals surface area (Å²) in [5.41, 5.74) is 3.40. The molecule has 1 unspecified atom stereocenters. The van der Waals surface area contributed by atoms with Crippen LogP contribution in [0.15, 0.2) is 223 Å². The van der Waals surface area contributed by atoms with Crippen LogP contribution in [0.2, 0.25) is 0 Å². The van der Waals surface area contributed by atoms with Gasteiger partial charge in [-0.2, -0.15) is 21.6 Å². The summed E-state index contributed by atoms with van der Waals surface area (Å²) < 4.78 is 86.4. The number of ether oxygens (including phenoxy) is 3. The number of halogens is 4. The first-order valence-electron chi connectivity index (χ1n) is 28.9. The predicted octanol–water partition coefficient (Wildman–Crippen LogP) is 14.7. The van der Waals surface area contributed by atoms with E-state index in [9.17, 15) is 31.2 Å². The number of hydrogen-bond acceptors (Lipinski definition) is 10. The minimum absolute atomic E-state index is 0. The van der Waals surface area contributed by atoms with Gasteiger partial charge in [0.25, 0.3) is 10.1 Å². The zero-order chi connectivity index (χ0) is 62.8. The number of esters is 2. The van der Waals surface area contributed by atoms with Gasteiger partial charge in [0.15, 0.2) is 0 Å². The van der Waals surface area contributed by atoms with Crippen LogP contribution >= 0.6 is 12.4 Å². The summed E-state index contributed by atoms with van der Waals surface area (Å²) in [6.45, 7) is 10.4. The Balaban J connectivity index is 0.000000310. The lowest BCUT2D eigenvalue weighted by atomic mass is 9.77. The molecule has 0 aliphatic heterocycles. The highest BCUT2D eigenvalue weighted by molar-refractivity contribution is 7.85. The summed E-state index contributed by atoms with van der Waals surface area (Å²) in [7, 11) is 5.96. The Hall–Kier alpha value is -7.41. The fourth-order valence-corrected chi connectivity index (χ4v) is 10.7. The van der Waals surface area contributed by atoms with E-state index >= 15 is 0 Å². The van der Waals surface area contributed by atoms with Crippen LogP contribution < -0.4 is 10.1 Å². The Kier molecular flexibility index (Phi) is 31.3. The van der Waals surface area contributed by atoms with Gasteiger partial charge in [-0.15, -0.1) is 12.4 Å². The Labute approximate surface area is 525 Å². The number of benzene rings is 8. The van der Waals surface area contributed by atoms with Crippen molar-refractivity contribution >= 4 is 45.2 Å². The molecule has 12 nitrogen and oxygen atoms in total. The van der Waals surface area contributed by atoms with Gasteiger partial charge in [-0.1, -0.05) is 210 Å². The van der Waals surface area contributed by atoms with Crippen molar-refractivity contribution < 1.29 is 55.4 Å². The second-order valence-electron chi connectivity index (χ2n) is 21.7. The molecule has 0 bridgehead atoms. The van der Waals surface area contributed by atoms with Crippen molar-refractivity contribution in [3.8, 4) is 5.75 Å². The van der Waals surface area contributed by atoms with E-state index in [4.69, 9.17) is 18.8 Å². The topological polar surface area (TPSA) is 166 Å². The molecule has 0 radical (unpaired) electrons. The highest BCUT2D eigenvalue weighted by Gasteiger charge is 2.43. The largest absolute Gasteiger partial charge is 0.486 e. The van der Waals surface area contributed by atoms with Crippen molar-refractivity contribution in [2.75, 3.05) is 54.9 Å². The van der Waals surface area contributed by atoms with E-state index in [0.717, 1.165) is 65.7 Å². The average molecular weight is 1250 g/mol. The van der Waals surface area contributed by atoms with E-state index in [-0.39, 0.29) is 52.7 Å². The third-order valence-electron chi connectivity index (χ3n) is 14.5. The molecule has 8 aromatic rings. The van der Waals surface area contributed by atoms with Crippen molar-refractivity contribution in [3.05, 3.63) is 252 Å². The molecule has 0 aliphatic carbocycles. The van der Waals surface area contributed by atoms with Gasteiger partial charge in [0, 0.05) is 57.0 Å². The molecule has 0 fully saturated rings. The zero-order valence-corrected chi connectivity index (χ0v) is 53.5. The molecular weight excluding hydrogens is 1160 g/mol. The SMILES string of the molecule is CCC(=O)O[C@](Cc1ccccc1)(c1ccccc1)[C@H](C)CN(C)C.CCC(=O)O[C@](Cc1ccccc1)(c1ccccc1)[C@H](C)CN(C)C.CNCCC(Oc1ccc(C(F)(F)F)cc1)c1ccccc1.Cl.O.O=S(=O)(O)c1ccc2ccccc2c1. The van der Waals surface area contributed by atoms with Gasteiger partial charge in [-0.05, 0) is 117 Å². The Morgan fingerprint density at radius 3 is 1.31 bits per heavy atom. The molecule has 0 saturated carbocycles. The number of hydrogen-bond donors (Lipinski definition) is 2. The molecule has 8 aromatic carbocycles. The Morgan fingerprint density at radius 1 is 0.545 bits per heavy atom. The first kappa shape index (κ1) is 74.8. The minimum atomic E-state index is -4.33. The molecule has 0 aliphatic rings. The summed E-state index contributed by atoms with van der Waals surface area (Å²) in [6.07, 6.45) is -1.73. The average Bonchev–Trinajstić information content (AvgIpc) is 2.56. The summed E-state index contributed by atoms with van der Waals surface area (Å²) in [4.78, 5) is 28.9. The van der Waals surface area contributed by atoms with Gasteiger partial charge in [0.2, 0.25) is 0 Å². The lowest BCUT2D eigenvalue weighted by Gasteiger charge is -2.40. The first-order chi connectivity index (χ1) is 41.0. The van der Waals surface area contributed by atoms with Crippen molar-refractivity contribution in [2.24, 2.45) is 11.8 Å². The molecular formula is C71H87ClF3N3O9S. The quantitative estimate of drug-likeness (QED) is 0.0462. The molecule has 474 valence electrons. The molecule has 0 aromatic heterocycles. The molecule has 8 rings (SSSR count). The Morgan fingerprint density at radius 2 is 0.932 bits per heavy atom. The van der Waals surface area contributed by atoms with Crippen LogP contribution in [-0.4, -0.2) is 95.1 Å². The van der Waals surface area contributed by atoms with Crippen LogP contribution in [0.1, 0.15) is 86.4 Å². The number of carbonyl (C=O) groups excluding carboxylic acids is 2. The van der Waals surface area contributed by atoms with E-state index in [1.54, 1.807) is 12.1 Å². The molecule has 17 heteroatoms. The van der Waals surface area contributed by atoms with Crippen LogP contribution in [0.4, 0.5) is 13.2 Å². The summed E-state index contributed by atoms with van der Waals surface area (Å²) in [6, 6.07) is 67.1. The van der Waals surface area contributed by atoms with Gasteiger partial charge in [0.05, 0.1) is 10.5 Å². The van der Waals surface area contributed by atoms with Crippen LogP contribution in [0.3, 0.4) is 0 Å². The van der Waals surface area contributed by atoms with Gasteiger partial charge >= 0.3 is 18.1 Å². The fraction of sp³-hybridized carbons (Fsp3) is 0.324. The molecule has 0 amide bonds. The number of rotatable bonds is 23. The monoisotopic (exact) mass is 1250 g/mol. The van der Waals surface area contributed by atoms with Crippen LogP contribution in [-0.2, 0) is 59.4 Å². The molecule has 0 spiro atoms. The third kappa shape index (κ3) is 23.3. The van der Waals surface area contributed by atoms with Gasteiger partial charge < -0.3 is 34.8 Å². The van der Waals surface area contributed by atoms with E-state index in [2.05, 4.69) is 106 Å². The van der Waals surface area contributed by atoms with Gasteiger partial charge in [-0.3, -0.25) is 14.1 Å². The Bertz CT molecular complexity index is 3260. The number of carbonyl (C=O) groups is 2. The van der Waals surface area contributed by atoms with Crippen LogP contribution in [0.25, 0.3) is 10.8 Å². The predicted molar refractivity (Wildman–Crippen MR) is 349 cm³/mol. The second-order valence-corrected chi connectivity index (χ2v) is 23.2. The number of alkyl halides is 3. The van der Waals surface area contributed by atoms with Crippen molar-refractivity contribution in [1.82, 2.24) is 15.1 Å². The molecule has 4 N–H and O–H groups in total. The number of nitrogens with one attached hydrogen (secondary N) is 1. The number of fused-ring (bicyclic) bond motifs is 1. The van der Waals surface area contributed by atoms with Gasteiger partial charge in [-0.25, -0.2) is 0 Å². The van der Waals surface area contributed by atoms with Crippen molar-refractivity contribution in [3.63, 3.8) is 0 Å². The van der Waals surface area contributed by atoms with Crippen molar-refractivity contribution in [1.29, 1.82) is 0 Å². The van der Waals surface area contributed by atoms with E-state index in [1.165, 1.54) is 35.4 Å². The minimum Gasteiger partial charge on any atom is -0.486 e. The van der Waals surface area contributed by atoms with Crippen LogP contribution in [0.5, 0.6) is 5.75 Å². The smallest absolute Gasteiger partial charge is 0.416 e. The van der Waals surface area contributed by atoms with Crippen LogP contribution in [0, 0.1) is 11.8 Å². The molecule has 5 atom stereocenters. The van der Waals surface area contributed by atoms with E-state index in [0.29, 0.717) is 31.4 Å². The zero-order valence-electron chi connectivity index (χ0n) is 51.8. The molecule has 88 heavy (non-hydrogen) atoms. The maximum Gasteiger partial charge on any atom is 0.416 e. The maximum atomic E-state index is 12.6. The normalized spacial score (nSPS) is 13.5. The summed E-state index contributed by atoms with van der Waals surface area (Å²) in [5, 5.41) is 4.79. The summed E-state index contributed by atoms with van der Waals surface area (Å²) in [5.74, 6) is 0.384. The number of nitrogens with zero attached hydrogens (tertiary/aromatic N) is 2. The standard InChI is InChI=1S/2C22H29NO2.C17H18F3NO.C10H8O3S.ClH.H2O/c2*1-5-21(24)25-22(18(2)17-23(3)4,20-14-10-7-11-15-20)16-19-12-8-6-9-13-19;1-21-12-11-16(13-5-3-2-4-6-13)22-15-9-7-14(8-10-15)17(18,19)20;11-14(12,13)10-6-5-8-3-1-2-4-9(8)7-10;;/h2*6-15,18H,5,16-17H2,1-4H3;2-10,16,21H,11-12H2,1H3;1-7H,(H,11,12,13);1H;1H2/t2*18-,22+;;;;/m11..../s1. The first-order valence-corrected chi connectivity index (χ1v) is 30.4. The molecule has 0 heterocycles. The highest BCUT2D eigenvalue weighted by atomic mass is 35.5. The second kappa shape index (κ2) is 36.8. The molecule has 0 saturated heterocycles. The van der Waals surface area contributed by atoms with Gasteiger partial charge in [0.1, 0.15) is 23.1 Å².